The predicted octanol–water partition coefficient (Wildman–Crippen LogP) is 1.03. The Morgan fingerprint density at radius 3 is 2.58 bits per heavy atom. The van der Waals surface area contributed by atoms with Crippen molar-refractivity contribution < 1.29 is 18.3 Å². The first-order chi connectivity index (χ1) is 5.55. The predicted molar refractivity (Wildman–Crippen MR) is 37.3 cm³/mol. The largest absolute Gasteiger partial charge is 0.394 e. The van der Waals surface area contributed by atoms with Crippen molar-refractivity contribution >= 4 is 0 Å². The van der Waals surface area contributed by atoms with E-state index in [2.05, 4.69) is 5.32 Å². The van der Waals surface area contributed by atoms with Crippen LogP contribution in [0.1, 0.15) is 6.42 Å². The zero-order valence-corrected chi connectivity index (χ0v) is 6.30. The molecule has 2 N–H and O–H groups in total. The van der Waals surface area contributed by atoms with E-state index in [0.717, 1.165) is 0 Å². The highest BCUT2D eigenvalue weighted by atomic mass is 19.4. The number of nitrogens with one attached hydrogen (secondary N) is 1. The minimum atomic E-state index is -4.23. The van der Waals surface area contributed by atoms with Gasteiger partial charge in [-0.2, -0.15) is 13.2 Å². The van der Waals surface area contributed by atoms with Crippen molar-refractivity contribution in [1.82, 2.24) is 5.32 Å². The van der Waals surface area contributed by atoms with Gasteiger partial charge in [-0.3, -0.25) is 0 Å². The Balaban J connectivity index is 2.67. The Kier molecular flexibility index (Phi) is 2.62. The monoisotopic (exact) mass is 181 g/mol. The molecule has 1 aliphatic rings. The van der Waals surface area contributed by atoms with E-state index < -0.39 is 24.7 Å². The van der Waals surface area contributed by atoms with E-state index in [4.69, 9.17) is 5.11 Å². The molecular weight excluding hydrogens is 171 g/mol. The Labute approximate surface area is 68.1 Å². The number of rotatable bonds is 1. The molecule has 0 saturated heterocycles. The van der Waals surface area contributed by atoms with Gasteiger partial charge in [-0.05, 0) is 12.6 Å². The fourth-order valence-corrected chi connectivity index (χ4v) is 1.23. The summed E-state index contributed by atoms with van der Waals surface area (Å²) in [5, 5.41) is 11.1. The van der Waals surface area contributed by atoms with Gasteiger partial charge in [0.1, 0.15) is 0 Å². The maximum Gasteiger partial charge on any atom is 0.394 e. The normalized spacial score (nSPS) is 30.0. The standard InChI is InChI=1S/C7H10F3NO/c8-7(9,10)5-2-1-3-11-6(5)4-12/h1,3,5-6,11-12H,2,4H2. The molecule has 0 aromatic carbocycles. The lowest BCUT2D eigenvalue weighted by molar-refractivity contribution is -0.184. The fourth-order valence-electron chi connectivity index (χ4n) is 1.23. The van der Waals surface area contributed by atoms with Crippen molar-refractivity contribution in [2.45, 2.75) is 18.6 Å². The lowest BCUT2D eigenvalue weighted by Gasteiger charge is -2.29. The van der Waals surface area contributed by atoms with E-state index in [-0.39, 0.29) is 6.42 Å². The molecule has 0 amide bonds. The summed E-state index contributed by atoms with van der Waals surface area (Å²) in [7, 11) is 0. The second-order valence-electron chi connectivity index (χ2n) is 2.74. The zero-order valence-electron chi connectivity index (χ0n) is 6.30. The third kappa shape index (κ3) is 1.91. The quantitative estimate of drug-likeness (QED) is 0.633. The first-order valence-electron chi connectivity index (χ1n) is 3.64. The third-order valence-corrected chi connectivity index (χ3v) is 1.92. The lowest BCUT2D eigenvalue weighted by atomic mass is 9.94. The van der Waals surface area contributed by atoms with Gasteiger partial charge in [-0.1, -0.05) is 6.08 Å². The summed E-state index contributed by atoms with van der Waals surface area (Å²) in [6.07, 6.45) is -1.42. The second-order valence-corrected chi connectivity index (χ2v) is 2.74. The van der Waals surface area contributed by atoms with E-state index >= 15 is 0 Å². The molecule has 0 fully saturated rings. The lowest BCUT2D eigenvalue weighted by Crippen LogP contribution is -2.45. The van der Waals surface area contributed by atoms with Crippen LogP contribution in [0.4, 0.5) is 13.2 Å². The van der Waals surface area contributed by atoms with Crippen LogP contribution >= 0.6 is 0 Å². The second kappa shape index (κ2) is 3.35. The Bertz CT molecular complexity index is 178. The Morgan fingerprint density at radius 2 is 2.17 bits per heavy atom. The van der Waals surface area contributed by atoms with Crippen molar-refractivity contribution in [2.24, 2.45) is 5.92 Å². The molecule has 1 heterocycles. The van der Waals surface area contributed by atoms with Crippen molar-refractivity contribution in [1.29, 1.82) is 0 Å². The summed E-state index contributed by atoms with van der Waals surface area (Å²) in [6, 6.07) is -0.894. The summed E-state index contributed by atoms with van der Waals surface area (Å²) < 4.78 is 36.6. The molecule has 0 aromatic rings. The molecule has 70 valence electrons. The van der Waals surface area contributed by atoms with Crippen LogP contribution in [-0.2, 0) is 0 Å². The Hall–Kier alpha value is -0.710. The number of aliphatic hydroxyl groups excluding tert-OH is 1. The van der Waals surface area contributed by atoms with Crippen LogP contribution < -0.4 is 5.32 Å². The van der Waals surface area contributed by atoms with E-state index in [9.17, 15) is 13.2 Å². The summed E-state index contributed by atoms with van der Waals surface area (Å²) in [6.45, 7) is -0.492. The van der Waals surface area contributed by atoms with Gasteiger partial charge in [-0.25, -0.2) is 0 Å². The molecule has 1 rings (SSSR count). The van der Waals surface area contributed by atoms with Gasteiger partial charge in [0.25, 0.3) is 0 Å². The molecule has 12 heavy (non-hydrogen) atoms. The highest BCUT2D eigenvalue weighted by Crippen LogP contribution is 2.33. The molecular formula is C7H10F3NO. The van der Waals surface area contributed by atoms with Crippen LogP contribution in [0.5, 0.6) is 0 Å². The Morgan fingerprint density at radius 1 is 1.50 bits per heavy atom. The van der Waals surface area contributed by atoms with E-state index in [1.165, 1.54) is 12.3 Å². The van der Waals surface area contributed by atoms with Crippen LogP contribution in [0.15, 0.2) is 12.3 Å². The molecule has 2 unspecified atom stereocenters. The topological polar surface area (TPSA) is 32.3 Å². The molecule has 0 saturated carbocycles. The maximum absolute atomic E-state index is 12.2. The smallest absolute Gasteiger partial charge is 0.394 e. The molecule has 0 bridgehead atoms. The van der Waals surface area contributed by atoms with Crippen LogP contribution in [0.3, 0.4) is 0 Å². The zero-order chi connectivity index (χ0) is 9.19. The minimum Gasteiger partial charge on any atom is -0.394 e. The number of alkyl halides is 3. The number of aliphatic hydroxyl groups is 1. The van der Waals surface area contributed by atoms with Gasteiger partial charge in [0.15, 0.2) is 0 Å². The van der Waals surface area contributed by atoms with Crippen molar-refractivity contribution in [2.75, 3.05) is 6.61 Å². The van der Waals surface area contributed by atoms with Crippen LogP contribution in [0, 0.1) is 5.92 Å². The number of hydrogen-bond donors (Lipinski definition) is 2. The number of halogens is 3. The molecule has 0 aliphatic carbocycles. The molecule has 2 nitrogen and oxygen atoms in total. The minimum absolute atomic E-state index is 0.0538. The average molecular weight is 181 g/mol. The van der Waals surface area contributed by atoms with Crippen molar-refractivity contribution in [3.8, 4) is 0 Å². The maximum atomic E-state index is 12.2. The van der Waals surface area contributed by atoms with E-state index in [1.807, 2.05) is 0 Å². The van der Waals surface area contributed by atoms with Gasteiger partial charge in [-0.15, -0.1) is 0 Å². The van der Waals surface area contributed by atoms with Gasteiger partial charge >= 0.3 is 6.18 Å². The van der Waals surface area contributed by atoms with E-state index in [1.54, 1.807) is 0 Å². The third-order valence-electron chi connectivity index (χ3n) is 1.92. The SMILES string of the molecule is OCC1NC=CCC1C(F)(F)F. The summed E-state index contributed by atoms with van der Waals surface area (Å²) >= 11 is 0. The summed E-state index contributed by atoms with van der Waals surface area (Å²) in [5.74, 6) is -1.47. The molecule has 0 aromatic heterocycles. The first-order valence-corrected chi connectivity index (χ1v) is 3.64. The highest BCUT2D eigenvalue weighted by molar-refractivity contribution is 4.97. The van der Waals surface area contributed by atoms with Crippen LogP contribution in [-0.4, -0.2) is 23.9 Å². The molecule has 0 radical (unpaired) electrons. The van der Waals surface area contributed by atoms with Gasteiger partial charge < -0.3 is 10.4 Å². The van der Waals surface area contributed by atoms with Gasteiger partial charge in [0.05, 0.1) is 18.6 Å². The van der Waals surface area contributed by atoms with E-state index in [0.29, 0.717) is 0 Å². The fraction of sp³-hybridized carbons (Fsp3) is 0.714. The molecule has 2 atom stereocenters. The average Bonchev–Trinajstić information content (AvgIpc) is 2.03. The number of allylic oxidation sites excluding steroid dienone is 1. The van der Waals surface area contributed by atoms with Crippen molar-refractivity contribution in [3.63, 3.8) is 0 Å². The highest BCUT2D eigenvalue weighted by Gasteiger charge is 2.44. The number of hydrogen-bond acceptors (Lipinski definition) is 2. The van der Waals surface area contributed by atoms with Gasteiger partial charge in [0, 0.05) is 0 Å². The molecule has 0 spiro atoms. The van der Waals surface area contributed by atoms with Gasteiger partial charge in [0.2, 0.25) is 0 Å². The van der Waals surface area contributed by atoms with Crippen LogP contribution in [0.25, 0.3) is 0 Å². The van der Waals surface area contributed by atoms with Crippen LogP contribution in [0.2, 0.25) is 0 Å². The summed E-state index contributed by atoms with van der Waals surface area (Å²) in [4.78, 5) is 0. The summed E-state index contributed by atoms with van der Waals surface area (Å²) in [5.41, 5.74) is 0. The molecule has 1 aliphatic heterocycles. The first kappa shape index (κ1) is 9.38. The molecule has 5 heteroatoms. The van der Waals surface area contributed by atoms with Crippen molar-refractivity contribution in [3.05, 3.63) is 12.3 Å².